The average molecular weight is 425 g/mol. The fourth-order valence-corrected chi connectivity index (χ4v) is 4.24. The largest absolute Gasteiger partial charge is 0.481 e. The molecule has 0 saturated heterocycles. The Morgan fingerprint density at radius 1 is 1.26 bits per heavy atom. The molecule has 9 heteroatoms. The zero-order valence-corrected chi connectivity index (χ0v) is 17.2. The number of fused-ring (bicyclic) bond motifs is 1. The van der Waals surface area contributed by atoms with Crippen LogP contribution in [0.25, 0.3) is 10.2 Å². The van der Waals surface area contributed by atoms with Crippen LogP contribution in [-0.4, -0.2) is 31.7 Å². The highest BCUT2D eigenvalue weighted by Crippen LogP contribution is 2.28. The minimum absolute atomic E-state index is 0.214. The average Bonchev–Trinajstić information content (AvgIpc) is 2.97. The van der Waals surface area contributed by atoms with E-state index in [1.54, 1.807) is 37.3 Å². The number of benzene rings is 2. The number of carbonyl (C=O) groups is 1. The molecule has 1 aromatic heterocycles. The second kappa shape index (κ2) is 7.46. The second-order valence-electron chi connectivity index (χ2n) is 6.08. The Morgan fingerprint density at radius 3 is 2.67 bits per heavy atom. The first-order valence-corrected chi connectivity index (χ1v) is 11.1. The Morgan fingerprint density at radius 2 is 2.00 bits per heavy atom. The summed E-state index contributed by atoms with van der Waals surface area (Å²) in [6, 6.07) is 9.84. The minimum Gasteiger partial charge on any atom is -0.481 e. The molecule has 0 aliphatic carbocycles. The number of hydrogen-bond acceptors (Lipinski definition) is 6. The van der Waals surface area contributed by atoms with Crippen molar-refractivity contribution in [3.05, 3.63) is 47.0 Å². The number of carbonyl (C=O) groups excluding carboxylic acids is 1. The number of anilines is 1. The number of amides is 1. The highest BCUT2D eigenvalue weighted by molar-refractivity contribution is 7.90. The van der Waals surface area contributed by atoms with Crippen LogP contribution in [-0.2, 0) is 14.6 Å². The van der Waals surface area contributed by atoms with Crippen LogP contribution in [0.5, 0.6) is 5.75 Å². The maximum Gasteiger partial charge on any atom is 0.266 e. The Kier molecular flexibility index (Phi) is 5.41. The molecule has 1 amide bonds. The monoisotopic (exact) mass is 424 g/mol. The van der Waals surface area contributed by atoms with Gasteiger partial charge in [-0.3, -0.25) is 10.1 Å². The molecule has 0 fully saturated rings. The van der Waals surface area contributed by atoms with Crippen molar-refractivity contribution in [2.75, 3.05) is 11.6 Å². The Balaban J connectivity index is 1.75. The van der Waals surface area contributed by atoms with Crippen LogP contribution in [0, 0.1) is 6.92 Å². The molecule has 0 bridgehead atoms. The van der Waals surface area contributed by atoms with Gasteiger partial charge in [0.1, 0.15) is 5.75 Å². The Labute approximate surface area is 166 Å². The molecule has 0 radical (unpaired) electrons. The highest BCUT2D eigenvalue weighted by Gasteiger charge is 2.18. The number of aryl methyl sites for hydroxylation is 1. The Hall–Kier alpha value is -2.16. The van der Waals surface area contributed by atoms with Gasteiger partial charge < -0.3 is 4.74 Å². The molecule has 3 aromatic rings. The molecule has 3 rings (SSSR count). The summed E-state index contributed by atoms with van der Waals surface area (Å²) in [5, 5.41) is 3.68. The van der Waals surface area contributed by atoms with Crippen LogP contribution in [0.15, 0.2) is 41.3 Å². The molecule has 0 unspecified atom stereocenters. The SMILES string of the molecule is Cc1cc(Cl)ccc1O[C@H](C)C(=O)Nc1nc2ccc(S(C)(=O)=O)cc2s1. The van der Waals surface area contributed by atoms with Crippen molar-refractivity contribution in [2.45, 2.75) is 24.8 Å². The summed E-state index contributed by atoms with van der Waals surface area (Å²) in [6.45, 7) is 3.48. The molecular weight excluding hydrogens is 408 g/mol. The van der Waals surface area contributed by atoms with Gasteiger partial charge >= 0.3 is 0 Å². The van der Waals surface area contributed by atoms with E-state index in [1.807, 2.05) is 6.92 Å². The third-order valence-electron chi connectivity index (χ3n) is 3.83. The van der Waals surface area contributed by atoms with Crippen LogP contribution in [0.1, 0.15) is 12.5 Å². The first-order valence-electron chi connectivity index (χ1n) is 7.98. The molecule has 142 valence electrons. The lowest BCUT2D eigenvalue weighted by atomic mass is 10.2. The fraction of sp³-hybridized carbons (Fsp3) is 0.222. The summed E-state index contributed by atoms with van der Waals surface area (Å²) in [5.74, 6) is 0.218. The highest BCUT2D eigenvalue weighted by atomic mass is 35.5. The molecule has 0 aliphatic heterocycles. The second-order valence-corrected chi connectivity index (χ2v) is 9.56. The predicted octanol–water partition coefficient (Wildman–Crippen LogP) is 4.07. The van der Waals surface area contributed by atoms with E-state index in [1.165, 1.54) is 17.4 Å². The van der Waals surface area contributed by atoms with E-state index >= 15 is 0 Å². The van der Waals surface area contributed by atoms with Gasteiger partial charge in [-0.1, -0.05) is 22.9 Å². The number of hydrogen-bond donors (Lipinski definition) is 1. The summed E-state index contributed by atoms with van der Waals surface area (Å²) in [4.78, 5) is 16.9. The number of ether oxygens (including phenoxy) is 1. The predicted molar refractivity (Wildman–Crippen MR) is 108 cm³/mol. The third kappa shape index (κ3) is 4.58. The van der Waals surface area contributed by atoms with E-state index in [0.717, 1.165) is 11.8 Å². The number of thiazole rings is 1. The fourth-order valence-electron chi connectivity index (χ4n) is 2.39. The van der Waals surface area contributed by atoms with E-state index in [0.29, 0.717) is 26.1 Å². The zero-order chi connectivity index (χ0) is 19.8. The Bertz CT molecular complexity index is 1130. The van der Waals surface area contributed by atoms with Gasteiger partial charge in [0.25, 0.3) is 5.91 Å². The van der Waals surface area contributed by atoms with E-state index in [2.05, 4.69) is 10.3 Å². The van der Waals surface area contributed by atoms with Gasteiger partial charge in [-0.2, -0.15) is 0 Å². The first kappa shape index (κ1) is 19.6. The molecule has 6 nitrogen and oxygen atoms in total. The minimum atomic E-state index is -3.30. The summed E-state index contributed by atoms with van der Waals surface area (Å²) < 4.78 is 29.7. The van der Waals surface area contributed by atoms with Gasteiger partial charge in [-0.25, -0.2) is 13.4 Å². The molecular formula is C18H17ClN2O4S2. The summed E-state index contributed by atoms with van der Waals surface area (Å²) in [5.41, 5.74) is 1.44. The van der Waals surface area contributed by atoms with Crippen LogP contribution in [0.3, 0.4) is 0 Å². The first-order chi connectivity index (χ1) is 12.6. The lowest BCUT2D eigenvalue weighted by Gasteiger charge is -2.15. The molecule has 27 heavy (non-hydrogen) atoms. The van der Waals surface area contributed by atoms with Crippen molar-refractivity contribution in [2.24, 2.45) is 0 Å². The normalized spacial score (nSPS) is 12.7. The smallest absolute Gasteiger partial charge is 0.266 e. The molecule has 0 spiro atoms. The topological polar surface area (TPSA) is 85.4 Å². The summed E-state index contributed by atoms with van der Waals surface area (Å²) in [7, 11) is -3.30. The van der Waals surface area contributed by atoms with Gasteiger partial charge in [0.2, 0.25) is 0 Å². The lowest BCUT2D eigenvalue weighted by Crippen LogP contribution is -2.30. The maximum absolute atomic E-state index is 12.4. The lowest BCUT2D eigenvalue weighted by molar-refractivity contribution is -0.122. The van der Waals surface area contributed by atoms with Crippen molar-refractivity contribution in [1.82, 2.24) is 4.98 Å². The van der Waals surface area contributed by atoms with E-state index in [4.69, 9.17) is 16.3 Å². The number of sulfone groups is 1. The van der Waals surface area contributed by atoms with E-state index in [9.17, 15) is 13.2 Å². The van der Waals surface area contributed by atoms with Crippen molar-refractivity contribution in [3.63, 3.8) is 0 Å². The summed E-state index contributed by atoms with van der Waals surface area (Å²) in [6.07, 6.45) is 0.402. The zero-order valence-electron chi connectivity index (χ0n) is 14.8. The van der Waals surface area contributed by atoms with E-state index in [-0.39, 0.29) is 10.8 Å². The molecule has 1 heterocycles. The van der Waals surface area contributed by atoms with Crippen molar-refractivity contribution < 1.29 is 17.9 Å². The van der Waals surface area contributed by atoms with Crippen molar-refractivity contribution >= 4 is 54.0 Å². The van der Waals surface area contributed by atoms with E-state index < -0.39 is 15.9 Å². The molecule has 0 aliphatic rings. The van der Waals surface area contributed by atoms with Crippen LogP contribution < -0.4 is 10.1 Å². The number of rotatable bonds is 5. The van der Waals surface area contributed by atoms with Gasteiger partial charge in [0.05, 0.1) is 15.1 Å². The molecule has 1 N–H and O–H groups in total. The van der Waals surface area contributed by atoms with Crippen molar-refractivity contribution in [3.8, 4) is 5.75 Å². The molecule has 0 saturated carbocycles. The number of nitrogens with zero attached hydrogens (tertiary/aromatic N) is 1. The number of nitrogens with one attached hydrogen (secondary N) is 1. The van der Waals surface area contributed by atoms with Gasteiger partial charge in [0, 0.05) is 11.3 Å². The maximum atomic E-state index is 12.4. The number of halogens is 1. The van der Waals surface area contributed by atoms with Gasteiger partial charge in [-0.05, 0) is 55.8 Å². The van der Waals surface area contributed by atoms with Gasteiger partial charge in [0.15, 0.2) is 21.1 Å². The number of aromatic nitrogens is 1. The van der Waals surface area contributed by atoms with Crippen molar-refractivity contribution in [1.29, 1.82) is 0 Å². The van der Waals surface area contributed by atoms with Crippen LogP contribution >= 0.6 is 22.9 Å². The quantitative estimate of drug-likeness (QED) is 0.667. The van der Waals surface area contributed by atoms with Gasteiger partial charge in [-0.15, -0.1) is 0 Å². The molecule has 1 atom stereocenters. The summed E-state index contributed by atoms with van der Waals surface area (Å²) >= 11 is 7.13. The van der Waals surface area contributed by atoms with Crippen LogP contribution in [0.4, 0.5) is 5.13 Å². The third-order valence-corrected chi connectivity index (χ3v) is 6.11. The standard InChI is InChI=1S/C18H17ClN2O4S2/c1-10-8-12(19)4-7-15(10)25-11(2)17(22)21-18-20-14-6-5-13(27(3,23)24)9-16(14)26-18/h4-9,11H,1-3H3,(H,20,21,22)/t11-/m1/s1. The molecule has 2 aromatic carbocycles. The van der Waals surface area contributed by atoms with Crippen LogP contribution in [0.2, 0.25) is 5.02 Å².